The fraction of sp³-hybridized carbons (Fsp3) is 0.300. The van der Waals surface area contributed by atoms with Crippen LogP contribution in [0.5, 0.6) is 0 Å². The van der Waals surface area contributed by atoms with E-state index in [-0.39, 0.29) is 0 Å². The highest BCUT2D eigenvalue weighted by Gasteiger charge is 2.41. The number of urea groups is 1. The highest BCUT2D eigenvalue weighted by atomic mass is 35.5. The lowest BCUT2D eigenvalue weighted by Crippen LogP contribution is -2.34. The first-order valence-electron chi connectivity index (χ1n) is 5.29. The second-order valence-electron chi connectivity index (χ2n) is 3.92. The van der Waals surface area contributed by atoms with Crippen LogP contribution in [-0.4, -0.2) is 20.5 Å². The van der Waals surface area contributed by atoms with E-state index >= 15 is 0 Å². The second-order valence-corrected chi connectivity index (χ2v) is 7.58. The van der Waals surface area contributed by atoms with Gasteiger partial charge in [0.05, 0.1) is 5.69 Å². The van der Waals surface area contributed by atoms with Crippen molar-refractivity contribution >= 4 is 70.1 Å². The summed E-state index contributed by atoms with van der Waals surface area (Å²) in [5.74, 6) is 0. The molecule has 1 aliphatic heterocycles. The minimum absolute atomic E-state index is 0.312. The monoisotopic (exact) mass is 377 g/mol. The lowest BCUT2D eigenvalue weighted by molar-refractivity contribution is 0.235. The first-order valence-corrected chi connectivity index (χ1v) is 7.57. The van der Waals surface area contributed by atoms with Crippen LogP contribution >= 0.6 is 58.4 Å². The van der Waals surface area contributed by atoms with Crippen LogP contribution in [0.1, 0.15) is 6.92 Å². The van der Waals surface area contributed by atoms with Crippen LogP contribution in [0.2, 0.25) is 10.0 Å². The van der Waals surface area contributed by atoms with Gasteiger partial charge in [0, 0.05) is 22.0 Å². The molecule has 1 aliphatic rings. The SMILES string of the molecule is CC1NN(SC(F)(Cl)Cl)C(=O)N1c1cc(Cl)cc(Cl)c1. The molecule has 4 nitrogen and oxygen atoms in total. The van der Waals surface area contributed by atoms with Crippen LogP contribution in [-0.2, 0) is 0 Å². The van der Waals surface area contributed by atoms with Gasteiger partial charge in [0.2, 0.25) is 0 Å². The molecule has 0 aromatic heterocycles. The van der Waals surface area contributed by atoms with E-state index in [1.54, 1.807) is 25.1 Å². The third-order valence-corrected chi connectivity index (χ3v) is 3.89. The summed E-state index contributed by atoms with van der Waals surface area (Å²) in [4.78, 5) is 13.6. The number of halogens is 5. The van der Waals surface area contributed by atoms with Crippen molar-refractivity contribution in [3.63, 3.8) is 0 Å². The van der Waals surface area contributed by atoms with Crippen molar-refractivity contribution in [1.82, 2.24) is 9.84 Å². The zero-order valence-electron chi connectivity index (χ0n) is 9.91. The molecule has 1 fully saturated rings. The normalized spacial score (nSPS) is 19.9. The van der Waals surface area contributed by atoms with Crippen LogP contribution in [0.15, 0.2) is 18.2 Å². The van der Waals surface area contributed by atoms with Gasteiger partial charge in [-0.05, 0) is 25.1 Å². The van der Waals surface area contributed by atoms with E-state index < -0.39 is 16.1 Å². The van der Waals surface area contributed by atoms with Crippen molar-refractivity contribution in [3.05, 3.63) is 28.2 Å². The Morgan fingerprint density at radius 2 is 1.85 bits per heavy atom. The minimum Gasteiger partial charge on any atom is -0.275 e. The second kappa shape index (κ2) is 5.94. The fourth-order valence-electron chi connectivity index (χ4n) is 1.73. The van der Waals surface area contributed by atoms with Gasteiger partial charge in [0.25, 0.3) is 0 Å². The molecule has 1 heterocycles. The zero-order chi connectivity index (χ0) is 15.1. The Bertz CT molecular complexity index is 521. The van der Waals surface area contributed by atoms with Gasteiger partial charge in [-0.25, -0.2) is 4.79 Å². The van der Waals surface area contributed by atoms with Crippen molar-refractivity contribution in [3.8, 4) is 0 Å². The predicted octanol–water partition coefficient (Wildman–Crippen LogP) is 4.79. The van der Waals surface area contributed by atoms with E-state index in [1.165, 1.54) is 4.90 Å². The summed E-state index contributed by atoms with van der Waals surface area (Å²) in [6.07, 6.45) is -0.444. The van der Waals surface area contributed by atoms with Crippen molar-refractivity contribution in [1.29, 1.82) is 0 Å². The quantitative estimate of drug-likeness (QED) is 0.606. The van der Waals surface area contributed by atoms with E-state index in [1.807, 2.05) is 0 Å². The van der Waals surface area contributed by atoms with Gasteiger partial charge in [-0.1, -0.05) is 46.4 Å². The molecular formula is C10H8Cl4FN3OS. The number of benzene rings is 1. The largest absolute Gasteiger partial charge is 0.350 e. The molecule has 1 aromatic carbocycles. The highest BCUT2D eigenvalue weighted by molar-refractivity contribution is 8.01. The van der Waals surface area contributed by atoms with Crippen LogP contribution < -0.4 is 10.3 Å². The smallest absolute Gasteiger partial charge is 0.275 e. The Kier molecular flexibility index (Phi) is 4.83. The molecule has 2 rings (SSSR count). The summed E-state index contributed by atoms with van der Waals surface area (Å²) in [6, 6.07) is 4.15. The Morgan fingerprint density at radius 3 is 2.35 bits per heavy atom. The van der Waals surface area contributed by atoms with Crippen molar-refractivity contribution in [2.75, 3.05) is 4.90 Å². The molecule has 10 heteroatoms. The topological polar surface area (TPSA) is 35.6 Å². The van der Waals surface area contributed by atoms with Gasteiger partial charge in [-0.3, -0.25) is 4.90 Å². The molecule has 1 unspecified atom stereocenters. The lowest BCUT2D eigenvalue weighted by atomic mass is 10.3. The molecule has 0 radical (unpaired) electrons. The average Bonchev–Trinajstić information content (AvgIpc) is 2.50. The number of nitrogens with one attached hydrogen (secondary N) is 1. The van der Waals surface area contributed by atoms with E-state index in [0.717, 1.165) is 4.41 Å². The lowest BCUT2D eigenvalue weighted by Gasteiger charge is -2.20. The van der Waals surface area contributed by atoms with Crippen LogP contribution in [0, 0.1) is 0 Å². The molecule has 1 N–H and O–H groups in total. The third kappa shape index (κ3) is 3.75. The molecule has 0 aliphatic carbocycles. The Labute approximate surface area is 139 Å². The number of hydrogen-bond acceptors (Lipinski definition) is 3. The summed E-state index contributed by atoms with van der Waals surface area (Å²) in [5, 5.41) is 0.765. The summed E-state index contributed by atoms with van der Waals surface area (Å²) in [7, 11) is 0. The third-order valence-electron chi connectivity index (χ3n) is 2.39. The van der Waals surface area contributed by atoms with E-state index in [0.29, 0.717) is 27.7 Å². The maximum absolute atomic E-state index is 13.2. The molecule has 110 valence electrons. The summed E-state index contributed by atoms with van der Waals surface area (Å²) in [6.45, 7) is 1.70. The number of carbonyl (C=O) groups is 1. The highest BCUT2D eigenvalue weighted by Crippen LogP contribution is 2.40. The number of nitrogens with zero attached hydrogens (tertiary/aromatic N) is 2. The van der Waals surface area contributed by atoms with Crippen LogP contribution in [0.3, 0.4) is 0 Å². The molecule has 1 atom stereocenters. The maximum atomic E-state index is 13.2. The number of alkyl halides is 3. The zero-order valence-corrected chi connectivity index (χ0v) is 13.8. The Balaban J connectivity index is 2.26. The minimum atomic E-state index is -2.62. The summed E-state index contributed by atoms with van der Waals surface area (Å²) < 4.78 is 11.5. The van der Waals surface area contributed by atoms with Gasteiger partial charge in [-0.15, -0.1) is 0 Å². The van der Waals surface area contributed by atoms with Gasteiger partial charge < -0.3 is 0 Å². The number of hydrazine groups is 1. The summed E-state index contributed by atoms with van der Waals surface area (Å²) >= 11 is 22.6. The average molecular weight is 379 g/mol. The number of hydrogen-bond donors (Lipinski definition) is 1. The predicted molar refractivity (Wildman–Crippen MR) is 81.9 cm³/mol. The number of anilines is 1. The molecule has 2 amide bonds. The molecule has 1 saturated heterocycles. The molecule has 0 saturated carbocycles. The first-order chi connectivity index (χ1) is 9.17. The molecule has 0 spiro atoms. The van der Waals surface area contributed by atoms with Gasteiger partial charge in [0.1, 0.15) is 6.17 Å². The molecule has 1 aromatic rings. The fourth-order valence-corrected chi connectivity index (χ4v) is 3.23. The Hall–Kier alpha value is -0.110. The van der Waals surface area contributed by atoms with E-state index in [4.69, 9.17) is 46.4 Å². The number of amides is 2. The standard InChI is InChI=1S/C10H8Cl4FN3OS/c1-5-16-18(20-10(13,14)15)9(19)17(5)8-3-6(11)2-7(12)4-8/h2-5,16H,1H3. The maximum Gasteiger partial charge on any atom is 0.350 e. The summed E-state index contributed by atoms with van der Waals surface area (Å²) in [5.41, 5.74) is 3.20. The molecule has 20 heavy (non-hydrogen) atoms. The van der Waals surface area contributed by atoms with Crippen molar-refractivity contribution in [2.45, 2.75) is 17.0 Å². The number of carbonyl (C=O) groups excluding carboxylic acids is 1. The van der Waals surface area contributed by atoms with E-state index in [2.05, 4.69) is 5.43 Å². The Morgan fingerprint density at radius 1 is 1.30 bits per heavy atom. The van der Waals surface area contributed by atoms with Gasteiger partial charge in [0.15, 0.2) is 0 Å². The molecule has 0 bridgehead atoms. The number of rotatable bonds is 3. The molecular weight excluding hydrogens is 371 g/mol. The van der Waals surface area contributed by atoms with Crippen molar-refractivity contribution < 1.29 is 9.18 Å². The first kappa shape index (κ1) is 16.3. The van der Waals surface area contributed by atoms with Crippen molar-refractivity contribution in [2.24, 2.45) is 0 Å². The van der Waals surface area contributed by atoms with Gasteiger partial charge >= 0.3 is 9.95 Å². The van der Waals surface area contributed by atoms with E-state index in [9.17, 15) is 9.18 Å². The van der Waals surface area contributed by atoms with Crippen LogP contribution in [0.4, 0.5) is 14.9 Å². The van der Waals surface area contributed by atoms with Gasteiger partial charge in [-0.2, -0.15) is 14.2 Å². The van der Waals surface area contributed by atoms with Crippen LogP contribution in [0.25, 0.3) is 0 Å².